The zero-order chi connectivity index (χ0) is 9.07. The van der Waals surface area contributed by atoms with E-state index in [1.54, 1.807) is 13.0 Å². The van der Waals surface area contributed by atoms with Gasteiger partial charge >= 0.3 is 0 Å². The summed E-state index contributed by atoms with van der Waals surface area (Å²) in [5.41, 5.74) is 0.0583. The van der Waals surface area contributed by atoms with Crippen LogP contribution in [-0.4, -0.2) is 5.78 Å². The van der Waals surface area contributed by atoms with E-state index in [0.29, 0.717) is 0 Å². The minimum Gasteiger partial charge on any atom is -0.298 e. The first-order chi connectivity index (χ1) is 4.92. The van der Waals surface area contributed by atoms with Crippen LogP contribution in [0.25, 0.3) is 0 Å². The van der Waals surface area contributed by atoms with Gasteiger partial charge in [-0.15, -0.1) is 0 Å². The fourth-order valence-corrected chi connectivity index (χ4v) is 0.790. The van der Waals surface area contributed by atoms with Gasteiger partial charge in [0.2, 0.25) is 0 Å². The van der Waals surface area contributed by atoms with Gasteiger partial charge in [0, 0.05) is 0 Å². The second kappa shape index (κ2) is 3.34. The molecule has 0 aliphatic heterocycles. The average molecular weight is 151 g/mol. The summed E-state index contributed by atoms with van der Waals surface area (Å²) in [5.74, 6) is -0.110. The van der Waals surface area contributed by atoms with Crippen molar-refractivity contribution in [3.63, 3.8) is 0 Å². The molecule has 11 heavy (non-hydrogen) atoms. The predicted molar refractivity (Wildman–Crippen MR) is 43.8 cm³/mol. The Bertz CT molecular complexity index is 230. The monoisotopic (exact) mass is 151 g/mol. The maximum atomic E-state index is 11.0. The van der Waals surface area contributed by atoms with E-state index in [9.17, 15) is 4.79 Å². The molecule has 0 fully saturated rings. The Balaban J connectivity index is 4.81. The average Bonchev–Trinajstić information content (AvgIpc) is 1.86. The van der Waals surface area contributed by atoms with Gasteiger partial charge in [-0.3, -0.25) is 4.79 Å². The number of rotatable bonds is 2. The highest BCUT2D eigenvalue weighted by atomic mass is 16.1. The Kier molecular flexibility index (Phi) is 3.00. The molecule has 1 atom stereocenters. The van der Waals surface area contributed by atoms with E-state index in [2.05, 4.69) is 0 Å². The molecule has 1 unspecified atom stereocenters. The van der Waals surface area contributed by atoms with Gasteiger partial charge in [-0.25, -0.2) is 0 Å². The Labute approximate surface area is 67.5 Å². The minimum absolute atomic E-state index is 0.110. The van der Waals surface area contributed by atoms with E-state index >= 15 is 0 Å². The molecule has 0 bridgehead atoms. The molecule has 2 nitrogen and oxygen atoms in total. The van der Waals surface area contributed by atoms with Crippen molar-refractivity contribution in [2.75, 3.05) is 0 Å². The van der Waals surface area contributed by atoms with Crippen LogP contribution < -0.4 is 0 Å². The van der Waals surface area contributed by atoms with Crippen molar-refractivity contribution in [3.05, 3.63) is 11.6 Å². The summed E-state index contributed by atoms with van der Waals surface area (Å²) in [6, 6.07) is 1.98. The van der Waals surface area contributed by atoms with Gasteiger partial charge in [0.05, 0.1) is 6.07 Å². The molecule has 0 amide bonds. The van der Waals surface area contributed by atoms with E-state index in [4.69, 9.17) is 5.26 Å². The summed E-state index contributed by atoms with van der Waals surface area (Å²) in [6.45, 7) is 6.81. The van der Waals surface area contributed by atoms with E-state index in [0.717, 1.165) is 5.57 Å². The number of carbonyl (C=O) groups is 1. The lowest BCUT2D eigenvalue weighted by Crippen LogP contribution is -2.20. The lowest BCUT2D eigenvalue weighted by Gasteiger charge is -2.12. The lowest BCUT2D eigenvalue weighted by molar-refractivity contribution is -0.121. The number of ketones is 1. The largest absolute Gasteiger partial charge is 0.298 e. The molecular formula is C9H13NO. The standard InChI is InChI=1S/C9H13NO/c1-7(2)5-9(4,6-10)8(3)11/h5H,1-4H3. The van der Waals surface area contributed by atoms with Crippen molar-refractivity contribution in [3.8, 4) is 6.07 Å². The molecule has 0 aliphatic carbocycles. The molecule has 0 saturated carbocycles. The zero-order valence-corrected chi connectivity index (χ0v) is 7.43. The van der Waals surface area contributed by atoms with Crippen molar-refractivity contribution in [2.24, 2.45) is 5.41 Å². The fourth-order valence-electron chi connectivity index (χ4n) is 0.790. The molecule has 0 heterocycles. The third-order valence-corrected chi connectivity index (χ3v) is 1.54. The van der Waals surface area contributed by atoms with Gasteiger partial charge < -0.3 is 0 Å². The van der Waals surface area contributed by atoms with Crippen molar-refractivity contribution in [1.29, 1.82) is 5.26 Å². The van der Waals surface area contributed by atoms with Crippen molar-refractivity contribution >= 4 is 5.78 Å². The zero-order valence-electron chi connectivity index (χ0n) is 7.43. The minimum atomic E-state index is -0.932. The van der Waals surface area contributed by atoms with Gasteiger partial charge in [0.1, 0.15) is 5.41 Å². The third kappa shape index (κ3) is 2.55. The van der Waals surface area contributed by atoms with Crippen molar-refractivity contribution < 1.29 is 4.79 Å². The number of Topliss-reactive ketones (excluding diaryl/α,β-unsaturated/α-hetero) is 1. The molecule has 0 rings (SSSR count). The van der Waals surface area contributed by atoms with Crippen LogP contribution >= 0.6 is 0 Å². The topological polar surface area (TPSA) is 40.9 Å². The molecule has 0 aliphatic rings. The summed E-state index contributed by atoms with van der Waals surface area (Å²) in [4.78, 5) is 11.0. The van der Waals surface area contributed by atoms with Gasteiger partial charge in [-0.05, 0) is 27.7 Å². The number of carbonyl (C=O) groups excluding carboxylic acids is 1. The molecule has 60 valence electrons. The highest BCUT2D eigenvalue weighted by Gasteiger charge is 2.26. The molecule has 0 radical (unpaired) electrons. The summed E-state index contributed by atoms with van der Waals surface area (Å²) in [5, 5.41) is 8.69. The van der Waals surface area contributed by atoms with Crippen molar-refractivity contribution in [2.45, 2.75) is 27.7 Å². The van der Waals surface area contributed by atoms with Crippen LogP contribution in [0.5, 0.6) is 0 Å². The molecule has 0 spiro atoms. The van der Waals surface area contributed by atoms with Crippen LogP contribution in [-0.2, 0) is 4.79 Å². The van der Waals surface area contributed by atoms with Crippen LogP contribution in [0, 0.1) is 16.7 Å². The Hall–Kier alpha value is -1.10. The quantitative estimate of drug-likeness (QED) is 0.567. The molecule has 0 aromatic rings. The van der Waals surface area contributed by atoms with E-state index < -0.39 is 5.41 Å². The molecule has 0 saturated heterocycles. The van der Waals surface area contributed by atoms with Crippen molar-refractivity contribution in [1.82, 2.24) is 0 Å². The summed E-state index contributed by atoms with van der Waals surface area (Å²) >= 11 is 0. The van der Waals surface area contributed by atoms with E-state index in [1.165, 1.54) is 6.92 Å². The smallest absolute Gasteiger partial charge is 0.153 e. The maximum Gasteiger partial charge on any atom is 0.153 e. The van der Waals surface area contributed by atoms with Crippen LogP contribution in [0.3, 0.4) is 0 Å². The van der Waals surface area contributed by atoms with E-state index in [1.807, 2.05) is 19.9 Å². The maximum absolute atomic E-state index is 11.0. The van der Waals surface area contributed by atoms with Gasteiger partial charge in [0.25, 0.3) is 0 Å². The second-order valence-corrected chi connectivity index (χ2v) is 3.09. The van der Waals surface area contributed by atoms with Gasteiger partial charge in [0.15, 0.2) is 5.78 Å². The number of hydrogen-bond acceptors (Lipinski definition) is 2. The molecule has 2 heteroatoms. The van der Waals surface area contributed by atoms with Crippen LogP contribution in [0.4, 0.5) is 0 Å². The molecular weight excluding hydrogens is 138 g/mol. The predicted octanol–water partition coefficient (Wildman–Crippen LogP) is 2.07. The number of nitrogens with zero attached hydrogens (tertiary/aromatic N) is 1. The Morgan fingerprint density at radius 3 is 2.00 bits per heavy atom. The van der Waals surface area contributed by atoms with E-state index in [-0.39, 0.29) is 5.78 Å². The Morgan fingerprint density at radius 1 is 1.45 bits per heavy atom. The summed E-state index contributed by atoms with van der Waals surface area (Å²) in [6.07, 6.45) is 1.69. The number of hydrogen-bond donors (Lipinski definition) is 0. The normalized spacial score (nSPS) is 14.5. The Morgan fingerprint density at radius 2 is 1.91 bits per heavy atom. The molecule has 0 aromatic heterocycles. The second-order valence-electron chi connectivity index (χ2n) is 3.09. The van der Waals surface area contributed by atoms with Crippen LogP contribution in [0.2, 0.25) is 0 Å². The highest BCUT2D eigenvalue weighted by molar-refractivity contribution is 5.86. The van der Waals surface area contributed by atoms with Crippen LogP contribution in [0.1, 0.15) is 27.7 Å². The first kappa shape index (κ1) is 9.90. The summed E-state index contributed by atoms with van der Waals surface area (Å²) in [7, 11) is 0. The number of allylic oxidation sites excluding steroid dienone is 2. The van der Waals surface area contributed by atoms with Crippen LogP contribution in [0.15, 0.2) is 11.6 Å². The first-order valence-electron chi connectivity index (χ1n) is 3.51. The highest BCUT2D eigenvalue weighted by Crippen LogP contribution is 2.19. The molecule has 0 N–H and O–H groups in total. The lowest BCUT2D eigenvalue weighted by atomic mass is 9.86. The number of nitriles is 1. The van der Waals surface area contributed by atoms with Gasteiger partial charge in [-0.2, -0.15) is 5.26 Å². The summed E-state index contributed by atoms with van der Waals surface area (Å²) < 4.78 is 0. The fraction of sp³-hybridized carbons (Fsp3) is 0.556. The first-order valence-corrected chi connectivity index (χ1v) is 3.51. The van der Waals surface area contributed by atoms with Gasteiger partial charge in [-0.1, -0.05) is 11.6 Å². The third-order valence-electron chi connectivity index (χ3n) is 1.54. The SMILES string of the molecule is CC(=O)C(C)(C#N)C=C(C)C. The molecule has 0 aromatic carbocycles.